The second kappa shape index (κ2) is 3.93. The van der Waals surface area contributed by atoms with Crippen molar-refractivity contribution >= 4 is 27.5 Å². The zero-order chi connectivity index (χ0) is 9.14. The van der Waals surface area contributed by atoms with Crippen molar-refractivity contribution in [3.63, 3.8) is 0 Å². The Morgan fingerprint density at radius 1 is 1.58 bits per heavy atom. The van der Waals surface area contributed by atoms with Crippen molar-refractivity contribution in [2.75, 3.05) is 0 Å². The summed E-state index contributed by atoms with van der Waals surface area (Å²) in [6.07, 6.45) is 0. The summed E-state index contributed by atoms with van der Waals surface area (Å²) >= 11 is 9.21. The highest BCUT2D eigenvalue weighted by molar-refractivity contribution is 9.08. The van der Waals surface area contributed by atoms with Crippen molar-refractivity contribution in [1.29, 1.82) is 5.26 Å². The summed E-state index contributed by atoms with van der Waals surface area (Å²) in [7, 11) is 0. The molecule has 0 saturated carbocycles. The Labute approximate surface area is 85.1 Å². The van der Waals surface area contributed by atoms with E-state index in [4.69, 9.17) is 16.9 Å². The Hall–Kier alpha value is -0.520. The first-order valence-corrected chi connectivity index (χ1v) is 4.94. The number of nitriles is 1. The van der Waals surface area contributed by atoms with E-state index in [1.54, 1.807) is 6.07 Å². The summed E-state index contributed by atoms with van der Waals surface area (Å²) in [5, 5.41) is 10.0. The number of aryl methyl sites for hydroxylation is 1. The van der Waals surface area contributed by atoms with E-state index in [0.717, 1.165) is 16.5 Å². The molecule has 0 amide bonds. The lowest BCUT2D eigenvalue weighted by atomic mass is 10.1. The number of hydrogen-bond acceptors (Lipinski definition) is 1. The van der Waals surface area contributed by atoms with Crippen molar-refractivity contribution in [2.24, 2.45) is 0 Å². The molecule has 0 unspecified atom stereocenters. The van der Waals surface area contributed by atoms with Crippen LogP contribution in [0.4, 0.5) is 0 Å². The van der Waals surface area contributed by atoms with Crippen molar-refractivity contribution < 1.29 is 0 Å². The Morgan fingerprint density at radius 3 is 2.75 bits per heavy atom. The van der Waals surface area contributed by atoms with E-state index in [2.05, 4.69) is 22.0 Å². The quantitative estimate of drug-likeness (QED) is 0.695. The molecule has 0 fully saturated rings. The third-order valence-corrected chi connectivity index (χ3v) is 2.74. The van der Waals surface area contributed by atoms with Crippen LogP contribution >= 0.6 is 27.5 Å². The van der Waals surface area contributed by atoms with Crippen LogP contribution in [-0.2, 0) is 5.33 Å². The average Bonchev–Trinajstić information content (AvgIpc) is 2.09. The summed E-state index contributed by atoms with van der Waals surface area (Å²) in [4.78, 5) is 0. The van der Waals surface area contributed by atoms with E-state index in [-0.39, 0.29) is 0 Å². The van der Waals surface area contributed by atoms with Gasteiger partial charge in [0.25, 0.3) is 0 Å². The van der Waals surface area contributed by atoms with Gasteiger partial charge >= 0.3 is 0 Å². The number of benzene rings is 1. The predicted molar refractivity (Wildman–Crippen MR) is 53.5 cm³/mol. The molecule has 1 nitrogen and oxygen atoms in total. The van der Waals surface area contributed by atoms with E-state index < -0.39 is 0 Å². The van der Waals surface area contributed by atoms with Gasteiger partial charge in [0.05, 0.1) is 10.6 Å². The molecule has 12 heavy (non-hydrogen) atoms. The monoisotopic (exact) mass is 243 g/mol. The van der Waals surface area contributed by atoms with Gasteiger partial charge in [-0.15, -0.1) is 0 Å². The second-order valence-electron chi connectivity index (χ2n) is 2.52. The molecule has 0 aliphatic heterocycles. The second-order valence-corrected chi connectivity index (χ2v) is 3.46. The van der Waals surface area contributed by atoms with Crippen molar-refractivity contribution in [3.05, 3.63) is 33.8 Å². The Morgan fingerprint density at radius 2 is 2.25 bits per heavy atom. The Kier molecular flexibility index (Phi) is 3.13. The summed E-state index contributed by atoms with van der Waals surface area (Å²) in [5.74, 6) is 0. The van der Waals surface area contributed by atoms with Crippen LogP contribution in [0.25, 0.3) is 0 Å². The van der Waals surface area contributed by atoms with Crippen LogP contribution in [0, 0.1) is 18.3 Å². The number of alkyl halides is 1. The number of nitrogens with zero attached hydrogens (tertiary/aromatic N) is 1. The maximum absolute atomic E-state index is 8.71. The van der Waals surface area contributed by atoms with Crippen LogP contribution in [0.2, 0.25) is 5.02 Å². The molecule has 0 N–H and O–H groups in total. The fraction of sp³-hybridized carbons (Fsp3) is 0.222. The van der Waals surface area contributed by atoms with Crippen LogP contribution in [0.15, 0.2) is 12.1 Å². The highest BCUT2D eigenvalue weighted by Crippen LogP contribution is 2.22. The van der Waals surface area contributed by atoms with E-state index >= 15 is 0 Å². The molecule has 3 heteroatoms. The molecular formula is C9H7BrClN. The lowest BCUT2D eigenvalue weighted by Gasteiger charge is -2.02. The maximum atomic E-state index is 8.71. The maximum Gasteiger partial charge on any atom is 0.101 e. The van der Waals surface area contributed by atoms with Gasteiger partial charge in [0.1, 0.15) is 6.07 Å². The smallest absolute Gasteiger partial charge is 0.101 e. The number of halogens is 2. The minimum Gasteiger partial charge on any atom is -0.192 e. The van der Waals surface area contributed by atoms with Crippen molar-refractivity contribution in [2.45, 2.75) is 12.3 Å². The molecule has 1 aromatic rings. The fourth-order valence-corrected chi connectivity index (χ4v) is 1.48. The first-order chi connectivity index (χ1) is 5.69. The van der Waals surface area contributed by atoms with Crippen LogP contribution in [0.5, 0.6) is 0 Å². The zero-order valence-electron chi connectivity index (χ0n) is 6.56. The number of hydrogen-bond donors (Lipinski definition) is 0. The molecule has 0 bridgehead atoms. The molecule has 0 radical (unpaired) electrons. The molecule has 1 aromatic carbocycles. The largest absolute Gasteiger partial charge is 0.192 e. The van der Waals surface area contributed by atoms with Gasteiger partial charge in [-0.3, -0.25) is 0 Å². The van der Waals surface area contributed by atoms with Gasteiger partial charge in [0.2, 0.25) is 0 Å². The van der Waals surface area contributed by atoms with Gasteiger partial charge in [-0.05, 0) is 24.1 Å². The topological polar surface area (TPSA) is 23.8 Å². The molecule has 0 aromatic heterocycles. The van der Waals surface area contributed by atoms with Gasteiger partial charge in [0, 0.05) is 5.33 Å². The van der Waals surface area contributed by atoms with Gasteiger partial charge in [0.15, 0.2) is 0 Å². The average molecular weight is 245 g/mol. The first-order valence-electron chi connectivity index (χ1n) is 3.44. The van der Waals surface area contributed by atoms with Gasteiger partial charge in [-0.1, -0.05) is 33.6 Å². The minimum atomic E-state index is 0.547. The predicted octanol–water partition coefficient (Wildman–Crippen LogP) is 3.42. The lowest BCUT2D eigenvalue weighted by Crippen LogP contribution is -1.86. The van der Waals surface area contributed by atoms with E-state index in [1.165, 1.54) is 0 Å². The highest BCUT2D eigenvalue weighted by atomic mass is 79.9. The summed E-state index contributed by atoms with van der Waals surface area (Å²) < 4.78 is 0. The molecule has 0 aliphatic rings. The van der Waals surface area contributed by atoms with E-state index in [1.807, 2.05) is 13.0 Å². The van der Waals surface area contributed by atoms with E-state index in [0.29, 0.717) is 10.6 Å². The first kappa shape index (κ1) is 9.57. The van der Waals surface area contributed by atoms with Crippen molar-refractivity contribution in [1.82, 2.24) is 0 Å². The van der Waals surface area contributed by atoms with Crippen molar-refractivity contribution in [3.8, 4) is 6.07 Å². The fourth-order valence-electron chi connectivity index (χ4n) is 1.00. The van der Waals surface area contributed by atoms with Crippen LogP contribution in [-0.4, -0.2) is 0 Å². The van der Waals surface area contributed by atoms with E-state index in [9.17, 15) is 0 Å². The zero-order valence-corrected chi connectivity index (χ0v) is 8.91. The normalized spacial score (nSPS) is 9.50. The molecule has 0 atom stereocenters. The molecular weight excluding hydrogens is 237 g/mol. The molecule has 0 aliphatic carbocycles. The van der Waals surface area contributed by atoms with Crippen LogP contribution in [0.3, 0.4) is 0 Å². The molecule has 0 heterocycles. The number of rotatable bonds is 1. The summed E-state index contributed by atoms with van der Waals surface area (Å²) in [6, 6.07) is 5.82. The highest BCUT2D eigenvalue weighted by Gasteiger charge is 2.04. The third-order valence-electron chi connectivity index (χ3n) is 1.59. The van der Waals surface area contributed by atoms with Gasteiger partial charge in [-0.2, -0.15) is 5.26 Å². The molecule has 1 rings (SSSR count). The SMILES string of the molecule is Cc1cc(CBr)cc(C#N)c1Cl. The Bertz CT molecular complexity index is 341. The van der Waals surface area contributed by atoms with Crippen LogP contribution in [0.1, 0.15) is 16.7 Å². The summed E-state index contributed by atoms with van der Waals surface area (Å²) in [6.45, 7) is 1.90. The summed E-state index contributed by atoms with van der Waals surface area (Å²) in [5.41, 5.74) is 2.57. The standard InChI is InChI=1S/C9H7BrClN/c1-6-2-7(4-10)3-8(5-12)9(6)11/h2-3H,4H2,1H3. The van der Waals surface area contributed by atoms with Crippen LogP contribution < -0.4 is 0 Å². The Balaban J connectivity index is 3.31. The molecule has 62 valence electrons. The lowest BCUT2D eigenvalue weighted by molar-refractivity contribution is 1.34. The minimum absolute atomic E-state index is 0.547. The molecule has 0 saturated heterocycles. The van der Waals surface area contributed by atoms with Gasteiger partial charge < -0.3 is 0 Å². The molecule has 0 spiro atoms. The third kappa shape index (κ3) is 1.80. The van der Waals surface area contributed by atoms with Gasteiger partial charge in [-0.25, -0.2) is 0 Å².